The van der Waals surface area contributed by atoms with E-state index in [0.717, 1.165) is 12.8 Å². The highest BCUT2D eigenvalue weighted by molar-refractivity contribution is 5.85. The van der Waals surface area contributed by atoms with Gasteiger partial charge in [0, 0.05) is 13.1 Å². The van der Waals surface area contributed by atoms with Crippen LogP contribution in [0.25, 0.3) is 0 Å². The molecule has 1 heterocycles. The van der Waals surface area contributed by atoms with Crippen LogP contribution in [-0.2, 0) is 9.59 Å². The fraction of sp³-hybridized carbons (Fsp3) is 0.857. The number of carbonyl (C=O) groups is 2. The highest BCUT2D eigenvalue weighted by Crippen LogP contribution is 2.34. The predicted octanol–water partition coefficient (Wildman–Crippen LogP) is 1.25. The molecule has 5 heteroatoms. The van der Waals surface area contributed by atoms with Crippen molar-refractivity contribution in [2.75, 3.05) is 13.1 Å². The first-order valence-corrected chi connectivity index (χ1v) is 7.15. The van der Waals surface area contributed by atoms with E-state index in [0.29, 0.717) is 38.8 Å². The zero-order valence-electron chi connectivity index (χ0n) is 11.5. The SMILES string of the molecule is CC1(O)CCCN(C(=O)C2CCCC2C(=O)O)CC1. The first-order valence-electron chi connectivity index (χ1n) is 7.15. The van der Waals surface area contributed by atoms with Gasteiger partial charge in [0.2, 0.25) is 5.91 Å². The molecule has 2 fully saturated rings. The maximum absolute atomic E-state index is 12.5. The van der Waals surface area contributed by atoms with Gasteiger partial charge < -0.3 is 15.1 Å². The van der Waals surface area contributed by atoms with Gasteiger partial charge in [-0.1, -0.05) is 6.42 Å². The molecule has 0 aromatic carbocycles. The minimum atomic E-state index is -0.849. The largest absolute Gasteiger partial charge is 0.481 e. The second-order valence-corrected chi connectivity index (χ2v) is 6.16. The van der Waals surface area contributed by atoms with Crippen LogP contribution in [0.15, 0.2) is 0 Å². The second kappa shape index (κ2) is 5.49. The van der Waals surface area contributed by atoms with E-state index in [4.69, 9.17) is 5.11 Å². The maximum atomic E-state index is 12.5. The first-order chi connectivity index (χ1) is 8.91. The molecule has 1 aliphatic heterocycles. The van der Waals surface area contributed by atoms with Crippen LogP contribution < -0.4 is 0 Å². The Morgan fingerprint density at radius 1 is 1.11 bits per heavy atom. The molecule has 0 bridgehead atoms. The average molecular weight is 269 g/mol. The zero-order chi connectivity index (χ0) is 14.0. The van der Waals surface area contributed by atoms with Crippen molar-refractivity contribution in [2.24, 2.45) is 11.8 Å². The lowest BCUT2D eigenvalue weighted by atomic mass is 9.94. The van der Waals surface area contributed by atoms with Crippen molar-refractivity contribution in [3.05, 3.63) is 0 Å². The van der Waals surface area contributed by atoms with Gasteiger partial charge in [0.05, 0.1) is 17.4 Å². The Morgan fingerprint density at radius 2 is 1.79 bits per heavy atom. The number of hydrogen-bond donors (Lipinski definition) is 2. The summed E-state index contributed by atoms with van der Waals surface area (Å²) in [5.41, 5.74) is -0.698. The molecule has 3 unspecified atom stereocenters. The highest BCUT2D eigenvalue weighted by Gasteiger charge is 2.40. The van der Waals surface area contributed by atoms with Crippen LogP contribution in [0, 0.1) is 11.8 Å². The van der Waals surface area contributed by atoms with Crippen molar-refractivity contribution in [2.45, 2.75) is 51.0 Å². The van der Waals surface area contributed by atoms with Gasteiger partial charge in [-0.3, -0.25) is 9.59 Å². The van der Waals surface area contributed by atoms with Gasteiger partial charge in [0.25, 0.3) is 0 Å². The number of aliphatic carboxylic acids is 1. The van der Waals surface area contributed by atoms with E-state index in [1.54, 1.807) is 11.8 Å². The molecule has 2 rings (SSSR count). The number of aliphatic hydroxyl groups is 1. The number of hydrogen-bond acceptors (Lipinski definition) is 3. The standard InChI is InChI=1S/C14H23NO4/c1-14(19)6-3-8-15(9-7-14)12(16)10-4-2-5-11(10)13(17)18/h10-11,19H,2-9H2,1H3,(H,17,18). The number of rotatable bonds is 2. The summed E-state index contributed by atoms with van der Waals surface area (Å²) in [5, 5.41) is 19.2. The summed E-state index contributed by atoms with van der Waals surface area (Å²) >= 11 is 0. The molecule has 2 aliphatic rings. The summed E-state index contributed by atoms with van der Waals surface area (Å²) in [6.07, 6.45) is 4.16. The van der Waals surface area contributed by atoms with E-state index in [1.807, 2.05) is 0 Å². The average Bonchev–Trinajstić information content (AvgIpc) is 2.74. The molecule has 1 aliphatic carbocycles. The molecular weight excluding hydrogens is 246 g/mol. The van der Waals surface area contributed by atoms with Gasteiger partial charge in [-0.15, -0.1) is 0 Å². The lowest BCUT2D eigenvalue weighted by molar-refractivity contribution is -0.149. The quantitative estimate of drug-likeness (QED) is 0.791. The summed E-state index contributed by atoms with van der Waals surface area (Å²) in [5.74, 6) is -1.75. The maximum Gasteiger partial charge on any atom is 0.307 e. The third kappa shape index (κ3) is 3.26. The van der Waals surface area contributed by atoms with E-state index in [-0.39, 0.29) is 11.8 Å². The fourth-order valence-electron chi connectivity index (χ4n) is 3.27. The molecule has 0 aromatic heterocycles. The number of amides is 1. The molecule has 0 aromatic rings. The van der Waals surface area contributed by atoms with Gasteiger partial charge in [0.1, 0.15) is 0 Å². The zero-order valence-corrected chi connectivity index (χ0v) is 11.5. The molecule has 1 saturated heterocycles. The summed E-state index contributed by atoms with van der Waals surface area (Å²) in [7, 11) is 0. The summed E-state index contributed by atoms with van der Waals surface area (Å²) in [6.45, 7) is 2.98. The summed E-state index contributed by atoms with van der Waals surface area (Å²) < 4.78 is 0. The van der Waals surface area contributed by atoms with Crippen molar-refractivity contribution in [3.8, 4) is 0 Å². The normalized spacial score (nSPS) is 36.0. The Kier molecular flexibility index (Phi) is 4.13. The lowest BCUT2D eigenvalue weighted by Gasteiger charge is -2.26. The fourth-order valence-corrected chi connectivity index (χ4v) is 3.27. The highest BCUT2D eigenvalue weighted by atomic mass is 16.4. The molecule has 1 saturated carbocycles. The number of carbonyl (C=O) groups excluding carboxylic acids is 1. The van der Waals surface area contributed by atoms with E-state index < -0.39 is 17.5 Å². The van der Waals surface area contributed by atoms with Crippen molar-refractivity contribution in [1.82, 2.24) is 4.90 Å². The third-order valence-corrected chi connectivity index (χ3v) is 4.53. The van der Waals surface area contributed by atoms with E-state index in [1.165, 1.54) is 0 Å². The van der Waals surface area contributed by atoms with Crippen molar-refractivity contribution in [3.63, 3.8) is 0 Å². The number of nitrogens with zero attached hydrogens (tertiary/aromatic N) is 1. The van der Waals surface area contributed by atoms with Gasteiger partial charge in [-0.2, -0.15) is 0 Å². The Bertz CT molecular complexity index is 366. The van der Waals surface area contributed by atoms with E-state index in [9.17, 15) is 14.7 Å². The van der Waals surface area contributed by atoms with Gasteiger partial charge in [-0.25, -0.2) is 0 Å². The smallest absolute Gasteiger partial charge is 0.307 e. The third-order valence-electron chi connectivity index (χ3n) is 4.53. The Hall–Kier alpha value is -1.10. The first kappa shape index (κ1) is 14.3. The minimum Gasteiger partial charge on any atom is -0.481 e. The predicted molar refractivity (Wildman–Crippen MR) is 69.5 cm³/mol. The van der Waals surface area contributed by atoms with Crippen LogP contribution >= 0.6 is 0 Å². The Labute approximate surface area is 113 Å². The molecule has 19 heavy (non-hydrogen) atoms. The molecule has 108 valence electrons. The molecule has 3 atom stereocenters. The van der Waals surface area contributed by atoms with Gasteiger partial charge in [-0.05, 0) is 39.0 Å². The molecule has 0 radical (unpaired) electrons. The van der Waals surface area contributed by atoms with Crippen LogP contribution in [-0.4, -0.2) is 45.7 Å². The van der Waals surface area contributed by atoms with Crippen molar-refractivity contribution >= 4 is 11.9 Å². The number of carboxylic acid groups (broad SMARTS) is 1. The molecular formula is C14H23NO4. The molecule has 1 amide bonds. The van der Waals surface area contributed by atoms with Crippen LogP contribution in [0.4, 0.5) is 0 Å². The molecule has 5 nitrogen and oxygen atoms in total. The second-order valence-electron chi connectivity index (χ2n) is 6.16. The van der Waals surface area contributed by atoms with Crippen molar-refractivity contribution in [1.29, 1.82) is 0 Å². The Morgan fingerprint density at radius 3 is 2.47 bits per heavy atom. The van der Waals surface area contributed by atoms with Crippen LogP contribution in [0.3, 0.4) is 0 Å². The van der Waals surface area contributed by atoms with Gasteiger partial charge >= 0.3 is 5.97 Å². The number of carboxylic acids is 1. The topological polar surface area (TPSA) is 77.8 Å². The van der Waals surface area contributed by atoms with E-state index in [2.05, 4.69) is 0 Å². The van der Waals surface area contributed by atoms with E-state index >= 15 is 0 Å². The van der Waals surface area contributed by atoms with Gasteiger partial charge in [0.15, 0.2) is 0 Å². The minimum absolute atomic E-state index is 0.0254. The van der Waals surface area contributed by atoms with Crippen LogP contribution in [0.5, 0.6) is 0 Å². The van der Waals surface area contributed by atoms with Crippen LogP contribution in [0.1, 0.15) is 45.4 Å². The molecule has 0 spiro atoms. The Balaban J connectivity index is 2.01. The monoisotopic (exact) mass is 269 g/mol. The summed E-state index contributed by atoms with van der Waals surface area (Å²) in [6, 6.07) is 0. The lowest BCUT2D eigenvalue weighted by Crippen LogP contribution is -2.40. The summed E-state index contributed by atoms with van der Waals surface area (Å²) in [4.78, 5) is 25.4. The molecule has 2 N–H and O–H groups in total. The number of likely N-dealkylation sites (tertiary alicyclic amines) is 1. The van der Waals surface area contributed by atoms with Crippen molar-refractivity contribution < 1.29 is 19.8 Å². The van der Waals surface area contributed by atoms with Crippen LogP contribution in [0.2, 0.25) is 0 Å².